The fourth-order valence-electron chi connectivity index (χ4n) is 4.06. The molecule has 2 heterocycles. The number of nitrogens with two attached hydrogens (primary N) is 1. The highest BCUT2D eigenvalue weighted by molar-refractivity contribution is 6.05. The van der Waals surface area contributed by atoms with Crippen molar-refractivity contribution in [1.29, 1.82) is 0 Å². The number of hydrogen-bond donors (Lipinski definition) is 2. The van der Waals surface area contributed by atoms with Crippen molar-refractivity contribution in [3.63, 3.8) is 0 Å². The van der Waals surface area contributed by atoms with E-state index in [0.29, 0.717) is 22.3 Å². The Bertz CT molecular complexity index is 1200. The summed E-state index contributed by atoms with van der Waals surface area (Å²) < 4.78 is 0. The summed E-state index contributed by atoms with van der Waals surface area (Å²) in [5, 5.41) is 12.5. The maximum Gasteiger partial charge on any atom is 0.261 e. The van der Waals surface area contributed by atoms with Gasteiger partial charge in [-0.05, 0) is 29.8 Å². The van der Waals surface area contributed by atoms with Gasteiger partial charge in [0.25, 0.3) is 5.91 Å². The number of benzene rings is 2. The Morgan fingerprint density at radius 1 is 0.824 bits per heavy atom. The summed E-state index contributed by atoms with van der Waals surface area (Å²) in [6.45, 7) is -0.419. The standard InChI is InChI=1S/C27H24N4O3/c28-17-24(32)31(26(33)21-11-5-2-6-12-21)25(20-9-3-1-4-10-20)27(34,22-13-7-15-29-18-22)23-14-8-16-30-19-23/h1-16,18-19,25,34H,17,28H2. The fourth-order valence-corrected chi connectivity index (χ4v) is 4.06. The number of amides is 2. The lowest BCUT2D eigenvalue weighted by Gasteiger charge is -2.42. The van der Waals surface area contributed by atoms with E-state index < -0.39 is 30.0 Å². The van der Waals surface area contributed by atoms with Gasteiger partial charge in [0.05, 0.1) is 6.54 Å². The summed E-state index contributed by atoms with van der Waals surface area (Å²) in [5.74, 6) is -1.20. The highest BCUT2D eigenvalue weighted by atomic mass is 16.3. The van der Waals surface area contributed by atoms with Gasteiger partial charge in [0, 0.05) is 41.5 Å². The predicted octanol–water partition coefficient (Wildman–Crippen LogP) is 3.08. The highest BCUT2D eigenvalue weighted by Gasteiger charge is 2.48. The molecule has 0 saturated heterocycles. The smallest absolute Gasteiger partial charge is 0.261 e. The van der Waals surface area contributed by atoms with Gasteiger partial charge in [0.15, 0.2) is 0 Å². The molecule has 1 atom stereocenters. The molecule has 170 valence electrons. The first-order valence-electron chi connectivity index (χ1n) is 10.8. The summed E-state index contributed by atoms with van der Waals surface area (Å²) in [6, 6.07) is 23.0. The minimum Gasteiger partial charge on any atom is -0.378 e. The molecule has 0 fully saturated rings. The second kappa shape index (κ2) is 10.2. The van der Waals surface area contributed by atoms with Crippen LogP contribution in [0.3, 0.4) is 0 Å². The molecular formula is C27H24N4O3. The zero-order valence-corrected chi connectivity index (χ0v) is 18.4. The summed E-state index contributed by atoms with van der Waals surface area (Å²) in [5.41, 5.74) is 5.53. The Labute approximate surface area is 197 Å². The maximum atomic E-state index is 13.8. The lowest BCUT2D eigenvalue weighted by molar-refractivity contribution is -0.134. The van der Waals surface area contributed by atoms with Gasteiger partial charge in [-0.3, -0.25) is 24.5 Å². The van der Waals surface area contributed by atoms with E-state index in [1.807, 2.05) is 6.07 Å². The molecule has 0 saturated carbocycles. The van der Waals surface area contributed by atoms with Gasteiger partial charge in [-0.2, -0.15) is 0 Å². The van der Waals surface area contributed by atoms with E-state index in [9.17, 15) is 14.7 Å². The van der Waals surface area contributed by atoms with Crippen molar-refractivity contribution in [2.24, 2.45) is 5.73 Å². The van der Waals surface area contributed by atoms with Crippen LogP contribution in [0.25, 0.3) is 0 Å². The van der Waals surface area contributed by atoms with Gasteiger partial charge in [-0.15, -0.1) is 0 Å². The van der Waals surface area contributed by atoms with Crippen LogP contribution < -0.4 is 5.73 Å². The van der Waals surface area contributed by atoms with Crippen molar-refractivity contribution >= 4 is 11.8 Å². The lowest BCUT2D eigenvalue weighted by atomic mass is 9.77. The molecule has 2 aromatic heterocycles. The number of carbonyl (C=O) groups is 2. The molecule has 7 nitrogen and oxygen atoms in total. The molecule has 4 rings (SSSR count). The van der Waals surface area contributed by atoms with Crippen LogP contribution in [0.2, 0.25) is 0 Å². The second-order valence-corrected chi connectivity index (χ2v) is 7.70. The van der Waals surface area contributed by atoms with E-state index in [0.717, 1.165) is 4.90 Å². The minimum atomic E-state index is -1.88. The molecule has 7 heteroatoms. The molecule has 34 heavy (non-hydrogen) atoms. The number of imide groups is 1. The zero-order chi connectivity index (χ0) is 24.0. The molecule has 2 aromatic carbocycles. The molecule has 0 aliphatic heterocycles. The molecule has 0 radical (unpaired) electrons. The van der Waals surface area contributed by atoms with Crippen molar-refractivity contribution in [3.8, 4) is 0 Å². The molecule has 0 aliphatic carbocycles. The molecule has 0 bridgehead atoms. The molecule has 0 aliphatic rings. The van der Waals surface area contributed by atoms with Crippen molar-refractivity contribution < 1.29 is 14.7 Å². The van der Waals surface area contributed by atoms with Gasteiger partial charge in [0.2, 0.25) is 5.91 Å². The van der Waals surface area contributed by atoms with Gasteiger partial charge >= 0.3 is 0 Å². The van der Waals surface area contributed by atoms with E-state index in [1.54, 1.807) is 91.3 Å². The predicted molar refractivity (Wildman–Crippen MR) is 127 cm³/mol. The van der Waals surface area contributed by atoms with Crippen LogP contribution in [-0.4, -0.2) is 38.3 Å². The van der Waals surface area contributed by atoms with Crippen molar-refractivity contribution in [1.82, 2.24) is 14.9 Å². The Morgan fingerprint density at radius 2 is 1.35 bits per heavy atom. The first kappa shape index (κ1) is 23.0. The van der Waals surface area contributed by atoms with Crippen LogP contribution in [0.1, 0.15) is 33.1 Å². The van der Waals surface area contributed by atoms with Crippen LogP contribution in [-0.2, 0) is 10.4 Å². The van der Waals surface area contributed by atoms with Crippen LogP contribution in [0.4, 0.5) is 0 Å². The van der Waals surface area contributed by atoms with E-state index in [-0.39, 0.29) is 0 Å². The first-order chi connectivity index (χ1) is 16.6. The SMILES string of the molecule is NCC(=O)N(C(=O)c1ccccc1)C(c1ccccc1)C(O)(c1cccnc1)c1cccnc1. The fraction of sp³-hybridized carbons (Fsp3) is 0.111. The number of pyridine rings is 2. The topological polar surface area (TPSA) is 109 Å². The van der Waals surface area contributed by atoms with Gasteiger partial charge in [-0.1, -0.05) is 60.7 Å². The molecule has 1 unspecified atom stereocenters. The van der Waals surface area contributed by atoms with Gasteiger partial charge in [0.1, 0.15) is 11.6 Å². The number of hydrogen-bond acceptors (Lipinski definition) is 6. The molecule has 4 aromatic rings. The van der Waals surface area contributed by atoms with E-state index in [4.69, 9.17) is 5.73 Å². The third-order valence-electron chi connectivity index (χ3n) is 5.66. The molecule has 0 spiro atoms. The van der Waals surface area contributed by atoms with Crippen LogP contribution in [0.5, 0.6) is 0 Å². The molecule has 2 amide bonds. The highest BCUT2D eigenvalue weighted by Crippen LogP contribution is 2.44. The van der Waals surface area contributed by atoms with E-state index >= 15 is 0 Å². The van der Waals surface area contributed by atoms with Crippen LogP contribution in [0, 0.1) is 0 Å². The Hall–Kier alpha value is -4.20. The Morgan fingerprint density at radius 3 is 1.82 bits per heavy atom. The zero-order valence-electron chi connectivity index (χ0n) is 18.4. The average Bonchev–Trinajstić information content (AvgIpc) is 2.92. The van der Waals surface area contributed by atoms with E-state index in [2.05, 4.69) is 9.97 Å². The van der Waals surface area contributed by atoms with Crippen LogP contribution >= 0.6 is 0 Å². The van der Waals surface area contributed by atoms with Gasteiger partial charge < -0.3 is 10.8 Å². The molecule has 3 N–H and O–H groups in total. The summed E-state index contributed by atoms with van der Waals surface area (Å²) in [4.78, 5) is 36.5. The van der Waals surface area contributed by atoms with Crippen molar-refractivity contribution in [2.75, 3.05) is 6.54 Å². The van der Waals surface area contributed by atoms with Crippen molar-refractivity contribution in [3.05, 3.63) is 132 Å². The first-order valence-corrected chi connectivity index (χ1v) is 10.8. The molecular weight excluding hydrogens is 428 g/mol. The normalized spacial score (nSPS) is 12.1. The third-order valence-corrected chi connectivity index (χ3v) is 5.66. The Balaban J connectivity index is 2.02. The lowest BCUT2D eigenvalue weighted by Crippen LogP contribution is -2.52. The monoisotopic (exact) mass is 452 g/mol. The largest absolute Gasteiger partial charge is 0.378 e. The Kier molecular flexibility index (Phi) is 6.87. The average molecular weight is 453 g/mol. The van der Waals surface area contributed by atoms with E-state index in [1.165, 1.54) is 12.4 Å². The number of aliphatic hydroxyl groups is 1. The van der Waals surface area contributed by atoms with Crippen LogP contribution in [0.15, 0.2) is 110 Å². The van der Waals surface area contributed by atoms with Gasteiger partial charge in [-0.25, -0.2) is 0 Å². The maximum absolute atomic E-state index is 13.8. The quantitative estimate of drug-likeness (QED) is 0.446. The summed E-state index contributed by atoms with van der Waals surface area (Å²) >= 11 is 0. The van der Waals surface area contributed by atoms with Crippen molar-refractivity contribution in [2.45, 2.75) is 11.6 Å². The number of nitrogens with zero attached hydrogens (tertiary/aromatic N) is 3. The third kappa shape index (κ3) is 4.34. The number of carbonyl (C=O) groups excluding carboxylic acids is 2. The number of aromatic nitrogens is 2. The second-order valence-electron chi connectivity index (χ2n) is 7.70. The summed E-state index contributed by atoms with van der Waals surface area (Å²) in [6.07, 6.45) is 6.20. The summed E-state index contributed by atoms with van der Waals surface area (Å²) in [7, 11) is 0. The number of rotatable bonds is 7. The minimum absolute atomic E-state index is 0.296.